The van der Waals surface area contributed by atoms with E-state index < -0.39 is 18.0 Å². The second kappa shape index (κ2) is 2.87. The third-order valence-electron chi connectivity index (χ3n) is 2.22. The molecule has 0 radical (unpaired) electrons. The molecule has 1 aliphatic heterocycles. The molecule has 1 unspecified atom stereocenters. The normalized spacial score (nSPS) is 20.4. The molecule has 0 saturated heterocycles. The largest absolute Gasteiger partial charge is 0.408 e. The van der Waals surface area contributed by atoms with Gasteiger partial charge in [-0.25, -0.2) is 4.39 Å². The van der Waals surface area contributed by atoms with Crippen molar-refractivity contribution in [1.29, 1.82) is 0 Å². The van der Waals surface area contributed by atoms with E-state index in [9.17, 15) is 17.6 Å². The Morgan fingerprint density at radius 3 is 2.64 bits per heavy atom. The predicted molar refractivity (Wildman–Crippen MR) is 43.6 cm³/mol. The highest BCUT2D eigenvalue weighted by atomic mass is 19.4. The van der Waals surface area contributed by atoms with Crippen LogP contribution in [0.5, 0.6) is 0 Å². The van der Waals surface area contributed by atoms with Gasteiger partial charge >= 0.3 is 6.18 Å². The molecule has 0 amide bonds. The lowest BCUT2D eigenvalue weighted by Gasteiger charge is -2.14. The first-order chi connectivity index (χ1) is 6.47. The van der Waals surface area contributed by atoms with Crippen molar-refractivity contribution < 1.29 is 17.6 Å². The number of halogens is 4. The second-order valence-corrected chi connectivity index (χ2v) is 3.24. The molecule has 0 saturated carbocycles. The van der Waals surface area contributed by atoms with Gasteiger partial charge in [0, 0.05) is 12.1 Å². The van der Waals surface area contributed by atoms with Crippen LogP contribution in [0.2, 0.25) is 0 Å². The first-order valence-corrected chi connectivity index (χ1v) is 4.08. The standard InChI is InChI=1S/C9H7F4N/c10-6-2-1-5-3-8(9(11,12)13)14-7(5)4-6/h1-2,4,8,14H,3H2. The first-order valence-electron chi connectivity index (χ1n) is 4.08. The van der Waals surface area contributed by atoms with Gasteiger partial charge in [-0.3, -0.25) is 0 Å². The third kappa shape index (κ3) is 1.54. The van der Waals surface area contributed by atoms with Crippen molar-refractivity contribution in [3.63, 3.8) is 0 Å². The van der Waals surface area contributed by atoms with Crippen LogP contribution >= 0.6 is 0 Å². The molecule has 1 aromatic rings. The van der Waals surface area contributed by atoms with Crippen LogP contribution in [0.1, 0.15) is 5.56 Å². The number of anilines is 1. The molecule has 14 heavy (non-hydrogen) atoms. The fourth-order valence-electron chi connectivity index (χ4n) is 1.52. The lowest BCUT2D eigenvalue weighted by Crippen LogP contribution is -2.34. The smallest absolute Gasteiger partial charge is 0.373 e. The van der Waals surface area contributed by atoms with E-state index in [0.717, 1.165) is 6.07 Å². The second-order valence-electron chi connectivity index (χ2n) is 3.24. The lowest BCUT2D eigenvalue weighted by molar-refractivity contribution is -0.140. The van der Waals surface area contributed by atoms with Crippen LogP contribution in [0, 0.1) is 5.82 Å². The van der Waals surface area contributed by atoms with Crippen LogP contribution in [0.3, 0.4) is 0 Å². The maximum atomic E-state index is 12.7. The fourth-order valence-corrected chi connectivity index (χ4v) is 1.52. The van der Waals surface area contributed by atoms with Crippen LogP contribution in [-0.2, 0) is 6.42 Å². The molecular formula is C9H7F4N. The Morgan fingerprint density at radius 2 is 2.00 bits per heavy atom. The van der Waals surface area contributed by atoms with E-state index >= 15 is 0 Å². The van der Waals surface area contributed by atoms with Crippen LogP contribution in [0.15, 0.2) is 18.2 Å². The van der Waals surface area contributed by atoms with Crippen molar-refractivity contribution in [2.75, 3.05) is 5.32 Å². The van der Waals surface area contributed by atoms with Crippen molar-refractivity contribution in [3.05, 3.63) is 29.6 Å². The van der Waals surface area contributed by atoms with Gasteiger partial charge in [0.15, 0.2) is 0 Å². The van der Waals surface area contributed by atoms with Gasteiger partial charge in [-0.05, 0) is 17.7 Å². The summed E-state index contributed by atoms with van der Waals surface area (Å²) in [5.74, 6) is -0.529. The minimum Gasteiger partial charge on any atom is -0.373 e. The molecule has 76 valence electrons. The average molecular weight is 205 g/mol. The summed E-state index contributed by atoms with van der Waals surface area (Å²) in [6.45, 7) is 0. The number of benzene rings is 1. The van der Waals surface area contributed by atoms with Gasteiger partial charge in [0.25, 0.3) is 0 Å². The fraction of sp³-hybridized carbons (Fsp3) is 0.333. The molecule has 0 fully saturated rings. The third-order valence-corrected chi connectivity index (χ3v) is 2.22. The number of hydrogen-bond acceptors (Lipinski definition) is 1. The molecule has 1 atom stereocenters. The Morgan fingerprint density at radius 1 is 1.29 bits per heavy atom. The van der Waals surface area contributed by atoms with Crippen molar-refractivity contribution >= 4 is 5.69 Å². The zero-order chi connectivity index (χ0) is 10.3. The quantitative estimate of drug-likeness (QED) is 0.642. The van der Waals surface area contributed by atoms with Crippen LogP contribution < -0.4 is 5.32 Å². The Balaban J connectivity index is 2.26. The van der Waals surface area contributed by atoms with E-state index in [2.05, 4.69) is 5.32 Å². The Kier molecular flexibility index (Phi) is 1.90. The zero-order valence-corrected chi connectivity index (χ0v) is 7.03. The number of nitrogens with one attached hydrogen (secondary N) is 1. The summed E-state index contributed by atoms with van der Waals surface area (Å²) in [5, 5.41) is 2.25. The minimum absolute atomic E-state index is 0.126. The van der Waals surface area contributed by atoms with Crippen LogP contribution in [0.25, 0.3) is 0 Å². The predicted octanol–water partition coefficient (Wildman–Crippen LogP) is 2.72. The van der Waals surface area contributed by atoms with E-state index in [0.29, 0.717) is 5.56 Å². The molecule has 1 N–H and O–H groups in total. The number of alkyl halides is 3. The van der Waals surface area contributed by atoms with E-state index in [4.69, 9.17) is 0 Å². The molecule has 1 aliphatic rings. The molecular weight excluding hydrogens is 198 g/mol. The van der Waals surface area contributed by atoms with E-state index in [-0.39, 0.29) is 12.1 Å². The summed E-state index contributed by atoms with van der Waals surface area (Å²) in [6.07, 6.45) is -4.41. The summed E-state index contributed by atoms with van der Waals surface area (Å²) >= 11 is 0. The molecule has 5 heteroatoms. The highest BCUT2D eigenvalue weighted by molar-refractivity contribution is 5.57. The molecule has 1 nitrogen and oxygen atoms in total. The summed E-state index contributed by atoms with van der Waals surface area (Å²) in [7, 11) is 0. The van der Waals surface area contributed by atoms with Gasteiger partial charge in [0.05, 0.1) is 0 Å². The Labute approximate surface area is 77.7 Å². The number of hydrogen-bond donors (Lipinski definition) is 1. The molecule has 1 aromatic carbocycles. The maximum absolute atomic E-state index is 12.7. The Hall–Kier alpha value is -1.26. The summed E-state index contributed by atoms with van der Waals surface area (Å²) < 4.78 is 49.5. The highest BCUT2D eigenvalue weighted by Crippen LogP contribution is 2.34. The summed E-state index contributed by atoms with van der Waals surface area (Å²) in [5.41, 5.74) is 0.751. The zero-order valence-electron chi connectivity index (χ0n) is 7.03. The summed E-state index contributed by atoms with van der Waals surface area (Å²) in [4.78, 5) is 0. The monoisotopic (exact) mass is 205 g/mol. The average Bonchev–Trinajstić information content (AvgIpc) is 2.45. The van der Waals surface area contributed by atoms with Crippen LogP contribution in [0.4, 0.5) is 23.2 Å². The van der Waals surface area contributed by atoms with Gasteiger partial charge < -0.3 is 5.32 Å². The van der Waals surface area contributed by atoms with Crippen molar-refractivity contribution in [3.8, 4) is 0 Å². The van der Waals surface area contributed by atoms with E-state index in [1.807, 2.05) is 0 Å². The molecule has 0 aromatic heterocycles. The molecule has 1 heterocycles. The molecule has 0 spiro atoms. The van der Waals surface area contributed by atoms with Gasteiger partial charge in [-0.1, -0.05) is 6.07 Å². The lowest BCUT2D eigenvalue weighted by atomic mass is 10.1. The highest BCUT2D eigenvalue weighted by Gasteiger charge is 2.42. The van der Waals surface area contributed by atoms with Crippen molar-refractivity contribution in [1.82, 2.24) is 0 Å². The SMILES string of the molecule is Fc1ccc2c(c1)NC(C(F)(F)F)C2. The van der Waals surface area contributed by atoms with Crippen molar-refractivity contribution in [2.24, 2.45) is 0 Å². The van der Waals surface area contributed by atoms with Crippen LogP contribution in [-0.4, -0.2) is 12.2 Å². The first kappa shape index (κ1) is 9.30. The topological polar surface area (TPSA) is 12.0 Å². The molecule has 0 aliphatic carbocycles. The van der Waals surface area contributed by atoms with Gasteiger partial charge in [-0.15, -0.1) is 0 Å². The Bertz CT molecular complexity index is 358. The number of rotatable bonds is 0. The minimum atomic E-state index is -4.28. The van der Waals surface area contributed by atoms with Crippen molar-refractivity contribution in [2.45, 2.75) is 18.6 Å². The molecule has 0 bridgehead atoms. The maximum Gasteiger partial charge on any atom is 0.408 e. The molecule has 2 rings (SSSR count). The van der Waals surface area contributed by atoms with Gasteiger partial charge in [0.1, 0.15) is 11.9 Å². The number of fused-ring (bicyclic) bond motifs is 1. The van der Waals surface area contributed by atoms with E-state index in [1.54, 1.807) is 0 Å². The summed E-state index contributed by atoms with van der Waals surface area (Å²) in [6, 6.07) is 2.04. The van der Waals surface area contributed by atoms with Gasteiger partial charge in [0.2, 0.25) is 0 Å². The van der Waals surface area contributed by atoms with Gasteiger partial charge in [-0.2, -0.15) is 13.2 Å². The van der Waals surface area contributed by atoms with E-state index in [1.165, 1.54) is 12.1 Å².